The smallest absolute Gasteiger partial charge is 0.282 e. The SMILES string of the molecule is Cc1cc2c(N3CCN(C)CC3)ncnc2c(=O)n1-c1c(O)cccc1F. The van der Waals surface area contributed by atoms with Crippen molar-refractivity contribution in [2.24, 2.45) is 0 Å². The van der Waals surface area contributed by atoms with Crippen LogP contribution in [0.1, 0.15) is 5.69 Å². The van der Waals surface area contributed by atoms with Crippen molar-refractivity contribution in [1.29, 1.82) is 0 Å². The van der Waals surface area contributed by atoms with E-state index in [0.717, 1.165) is 30.7 Å². The van der Waals surface area contributed by atoms with Crippen LogP contribution in [0, 0.1) is 12.7 Å². The number of aromatic hydroxyl groups is 1. The number of likely N-dealkylation sites (N-methyl/N-ethyl adjacent to an activating group) is 1. The van der Waals surface area contributed by atoms with Gasteiger partial charge in [-0.25, -0.2) is 14.4 Å². The first-order valence-electron chi connectivity index (χ1n) is 8.76. The molecule has 1 saturated heterocycles. The Morgan fingerprint density at radius 1 is 1.15 bits per heavy atom. The molecule has 1 aliphatic rings. The van der Waals surface area contributed by atoms with E-state index >= 15 is 0 Å². The van der Waals surface area contributed by atoms with Crippen molar-refractivity contribution in [1.82, 2.24) is 19.4 Å². The first-order valence-corrected chi connectivity index (χ1v) is 8.76. The second-order valence-electron chi connectivity index (χ2n) is 6.78. The van der Waals surface area contributed by atoms with E-state index in [1.807, 2.05) is 0 Å². The molecule has 1 N–H and O–H groups in total. The summed E-state index contributed by atoms with van der Waals surface area (Å²) in [6, 6.07) is 5.73. The number of phenols is 1. The molecule has 0 bridgehead atoms. The van der Waals surface area contributed by atoms with Gasteiger partial charge in [-0.15, -0.1) is 0 Å². The van der Waals surface area contributed by atoms with Crippen molar-refractivity contribution in [2.45, 2.75) is 6.92 Å². The second kappa shape index (κ2) is 6.62. The topological polar surface area (TPSA) is 74.5 Å². The minimum atomic E-state index is -0.673. The van der Waals surface area contributed by atoms with Crippen LogP contribution in [0.5, 0.6) is 5.75 Å². The van der Waals surface area contributed by atoms with Gasteiger partial charge in [0.15, 0.2) is 5.82 Å². The van der Waals surface area contributed by atoms with E-state index in [9.17, 15) is 14.3 Å². The fourth-order valence-corrected chi connectivity index (χ4v) is 3.50. The number of pyridine rings is 1. The average molecular weight is 369 g/mol. The minimum Gasteiger partial charge on any atom is -0.506 e. The lowest BCUT2D eigenvalue weighted by Crippen LogP contribution is -2.45. The molecule has 0 spiro atoms. The van der Waals surface area contributed by atoms with E-state index in [0.29, 0.717) is 16.9 Å². The lowest BCUT2D eigenvalue weighted by atomic mass is 10.2. The van der Waals surface area contributed by atoms with Crippen molar-refractivity contribution in [2.75, 3.05) is 38.1 Å². The molecule has 1 fully saturated rings. The van der Waals surface area contributed by atoms with Crippen LogP contribution in [0.25, 0.3) is 16.6 Å². The molecular weight excluding hydrogens is 349 g/mol. The number of nitrogens with zero attached hydrogens (tertiary/aromatic N) is 5. The molecule has 2 aromatic heterocycles. The van der Waals surface area contributed by atoms with Crippen LogP contribution in [-0.4, -0.2) is 57.8 Å². The minimum absolute atomic E-state index is 0.165. The second-order valence-corrected chi connectivity index (χ2v) is 6.78. The summed E-state index contributed by atoms with van der Waals surface area (Å²) >= 11 is 0. The van der Waals surface area contributed by atoms with Crippen LogP contribution >= 0.6 is 0 Å². The monoisotopic (exact) mass is 369 g/mol. The van der Waals surface area contributed by atoms with E-state index in [1.165, 1.54) is 24.5 Å². The van der Waals surface area contributed by atoms with Crippen molar-refractivity contribution in [3.63, 3.8) is 0 Å². The standard InChI is InChI=1S/C19H20FN5O2/c1-12-10-13-16(19(27)25(12)17-14(20)4-3-5-15(17)26)21-11-22-18(13)24-8-6-23(2)7-9-24/h3-5,10-11,26H,6-9H2,1-2H3. The molecule has 27 heavy (non-hydrogen) atoms. The number of halogens is 1. The number of aromatic nitrogens is 3. The molecular formula is C19H20FN5O2. The third-order valence-corrected chi connectivity index (χ3v) is 4.97. The van der Waals surface area contributed by atoms with Gasteiger partial charge in [0.1, 0.15) is 29.1 Å². The highest BCUT2D eigenvalue weighted by atomic mass is 19.1. The Hall–Kier alpha value is -3.00. The summed E-state index contributed by atoms with van der Waals surface area (Å²) in [7, 11) is 2.07. The number of benzene rings is 1. The van der Waals surface area contributed by atoms with E-state index in [1.54, 1.807) is 13.0 Å². The zero-order valence-electron chi connectivity index (χ0n) is 15.2. The number of hydrogen-bond acceptors (Lipinski definition) is 6. The van der Waals surface area contributed by atoms with Crippen LogP contribution in [0.4, 0.5) is 10.2 Å². The molecule has 0 saturated carbocycles. The molecule has 0 unspecified atom stereocenters. The highest BCUT2D eigenvalue weighted by Crippen LogP contribution is 2.28. The largest absolute Gasteiger partial charge is 0.506 e. The molecule has 8 heteroatoms. The number of para-hydroxylation sites is 1. The maximum absolute atomic E-state index is 14.3. The molecule has 0 radical (unpaired) electrons. The number of fused-ring (bicyclic) bond motifs is 1. The highest BCUT2D eigenvalue weighted by molar-refractivity contribution is 5.89. The predicted octanol–water partition coefficient (Wildman–Crippen LogP) is 1.69. The zero-order valence-corrected chi connectivity index (χ0v) is 15.2. The summed E-state index contributed by atoms with van der Waals surface area (Å²) in [5.74, 6) is -0.265. The van der Waals surface area contributed by atoms with Gasteiger partial charge < -0.3 is 14.9 Å². The summed E-state index contributed by atoms with van der Waals surface area (Å²) in [5, 5.41) is 10.7. The molecule has 0 atom stereocenters. The number of piperazine rings is 1. The third-order valence-electron chi connectivity index (χ3n) is 4.97. The van der Waals surface area contributed by atoms with Gasteiger partial charge in [-0.3, -0.25) is 9.36 Å². The van der Waals surface area contributed by atoms with E-state index < -0.39 is 11.4 Å². The molecule has 0 amide bonds. The first-order chi connectivity index (χ1) is 13.0. The van der Waals surface area contributed by atoms with Crippen molar-refractivity contribution in [3.8, 4) is 11.4 Å². The average Bonchev–Trinajstić information content (AvgIpc) is 2.64. The summed E-state index contributed by atoms with van der Waals surface area (Å²) in [6.45, 7) is 5.13. The maximum Gasteiger partial charge on any atom is 0.282 e. The Morgan fingerprint density at radius 3 is 2.59 bits per heavy atom. The Balaban J connectivity index is 1.93. The van der Waals surface area contributed by atoms with Crippen LogP contribution in [0.2, 0.25) is 0 Å². The van der Waals surface area contributed by atoms with Gasteiger partial charge >= 0.3 is 0 Å². The summed E-state index contributed by atoms with van der Waals surface area (Å²) < 4.78 is 15.5. The Kier molecular flexibility index (Phi) is 4.27. The number of rotatable bonds is 2. The van der Waals surface area contributed by atoms with Crippen molar-refractivity contribution < 1.29 is 9.50 Å². The number of hydrogen-bond donors (Lipinski definition) is 1. The van der Waals surface area contributed by atoms with Crippen LogP contribution < -0.4 is 10.5 Å². The summed E-state index contributed by atoms with van der Waals surface area (Å²) in [4.78, 5) is 26.0. The van der Waals surface area contributed by atoms with Crippen molar-refractivity contribution in [3.05, 3.63) is 52.5 Å². The summed E-state index contributed by atoms with van der Waals surface area (Å²) in [6.07, 6.45) is 1.36. The van der Waals surface area contributed by atoms with Gasteiger partial charge in [0.05, 0.1) is 5.39 Å². The molecule has 7 nitrogen and oxygen atoms in total. The van der Waals surface area contributed by atoms with Crippen LogP contribution in [0.15, 0.2) is 35.4 Å². The molecule has 4 rings (SSSR count). The van der Waals surface area contributed by atoms with Crippen LogP contribution in [0.3, 0.4) is 0 Å². The fraction of sp³-hybridized carbons (Fsp3) is 0.316. The predicted molar refractivity (Wildman–Crippen MR) is 101 cm³/mol. The fourth-order valence-electron chi connectivity index (χ4n) is 3.50. The third kappa shape index (κ3) is 2.91. The van der Waals surface area contributed by atoms with E-state index in [4.69, 9.17) is 0 Å². The molecule has 0 aliphatic carbocycles. The van der Waals surface area contributed by atoms with Crippen molar-refractivity contribution >= 4 is 16.7 Å². The van der Waals surface area contributed by atoms with Gasteiger partial charge in [0, 0.05) is 31.9 Å². The Labute approximate surface area is 155 Å². The highest BCUT2D eigenvalue weighted by Gasteiger charge is 2.22. The van der Waals surface area contributed by atoms with Gasteiger partial charge in [0.25, 0.3) is 5.56 Å². The molecule has 1 aliphatic heterocycles. The normalized spacial score (nSPS) is 15.4. The lowest BCUT2D eigenvalue weighted by molar-refractivity contribution is 0.312. The number of phenolic OH excluding ortho intramolecular Hbond substituents is 1. The Morgan fingerprint density at radius 2 is 1.89 bits per heavy atom. The quantitative estimate of drug-likeness (QED) is 0.741. The number of aryl methyl sites for hydroxylation is 1. The number of anilines is 1. The maximum atomic E-state index is 14.3. The van der Waals surface area contributed by atoms with Crippen LogP contribution in [-0.2, 0) is 0 Å². The molecule has 3 heterocycles. The van der Waals surface area contributed by atoms with Gasteiger partial charge in [0.2, 0.25) is 0 Å². The van der Waals surface area contributed by atoms with Gasteiger partial charge in [-0.1, -0.05) is 6.07 Å². The van der Waals surface area contributed by atoms with Gasteiger partial charge in [-0.2, -0.15) is 0 Å². The van der Waals surface area contributed by atoms with E-state index in [2.05, 4.69) is 26.8 Å². The zero-order chi connectivity index (χ0) is 19.1. The summed E-state index contributed by atoms with van der Waals surface area (Å²) in [5.41, 5.74) is 0.0510. The Bertz CT molecular complexity index is 1050. The first kappa shape index (κ1) is 17.4. The lowest BCUT2D eigenvalue weighted by Gasteiger charge is -2.33. The van der Waals surface area contributed by atoms with E-state index in [-0.39, 0.29) is 17.0 Å². The molecule has 3 aromatic rings. The van der Waals surface area contributed by atoms with Gasteiger partial charge in [-0.05, 0) is 32.2 Å². The molecule has 1 aromatic carbocycles. The molecule has 140 valence electrons.